The normalized spacial score (nSPS) is 13.6. The number of nitrogens with zero attached hydrogens (tertiary/aromatic N) is 3. The summed E-state index contributed by atoms with van der Waals surface area (Å²) < 4.78 is 16.0. The van der Waals surface area contributed by atoms with E-state index in [4.69, 9.17) is 14.2 Å². The van der Waals surface area contributed by atoms with Crippen molar-refractivity contribution in [2.75, 3.05) is 54.1 Å². The molecule has 0 atom stereocenters. The Labute approximate surface area is 190 Å². The third-order valence-corrected chi connectivity index (χ3v) is 4.98. The van der Waals surface area contributed by atoms with Crippen LogP contribution >= 0.6 is 24.8 Å². The molecule has 1 aromatic heterocycles. The van der Waals surface area contributed by atoms with Crippen molar-refractivity contribution < 1.29 is 19.0 Å². The van der Waals surface area contributed by atoms with E-state index < -0.39 is 0 Å². The van der Waals surface area contributed by atoms with E-state index in [1.165, 1.54) is 0 Å². The first-order valence-electron chi connectivity index (χ1n) is 9.37. The molecular formula is C21H29Cl2N3O4. The molecule has 1 aromatic carbocycles. The number of hydrogen-bond acceptors (Lipinski definition) is 6. The number of carbonyl (C=O) groups excluding carboxylic acids is 1. The van der Waals surface area contributed by atoms with Gasteiger partial charge in [-0.1, -0.05) is 6.07 Å². The Morgan fingerprint density at radius 3 is 2.10 bits per heavy atom. The van der Waals surface area contributed by atoms with Gasteiger partial charge < -0.3 is 19.1 Å². The Morgan fingerprint density at radius 1 is 0.967 bits per heavy atom. The fraction of sp³-hybridized carbons (Fsp3) is 0.429. The molecule has 9 heteroatoms. The second-order valence-corrected chi connectivity index (χ2v) is 6.62. The van der Waals surface area contributed by atoms with Gasteiger partial charge in [-0.05, 0) is 24.3 Å². The van der Waals surface area contributed by atoms with E-state index in [9.17, 15) is 4.79 Å². The van der Waals surface area contributed by atoms with E-state index in [2.05, 4.69) is 9.88 Å². The molecule has 1 aliphatic rings. The number of piperazine rings is 1. The average Bonchev–Trinajstić information content (AvgIpc) is 2.77. The van der Waals surface area contributed by atoms with Gasteiger partial charge in [-0.2, -0.15) is 0 Å². The molecule has 1 fully saturated rings. The molecule has 2 heterocycles. The molecule has 0 bridgehead atoms. The lowest BCUT2D eigenvalue weighted by atomic mass is 10.1. The second kappa shape index (κ2) is 12.5. The van der Waals surface area contributed by atoms with Crippen molar-refractivity contribution >= 4 is 30.7 Å². The topological polar surface area (TPSA) is 64.1 Å². The van der Waals surface area contributed by atoms with Crippen molar-refractivity contribution in [1.29, 1.82) is 0 Å². The molecule has 0 saturated carbocycles. The van der Waals surface area contributed by atoms with E-state index in [1.54, 1.807) is 33.5 Å². The molecule has 3 rings (SSSR count). The highest BCUT2D eigenvalue weighted by atomic mass is 35.5. The van der Waals surface area contributed by atoms with E-state index in [0.717, 1.165) is 31.7 Å². The Hall–Kier alpha value is -2.22. The quantitative estimate of drug-likeness (QED) is 0.636. The number of carbonyl (C=O) groups is 1. The van der Waals surface area contributed by atoms with Crippen molar-refractivity contribution in [2.45, 2.75) is 6.42 Å². The maximum Gasteiger partial charge on any atom is 0.254 e. The SMILES string of the molecule is COc1cc(C(=O)N2CCN(CCc3ccccn3)CC2)cc(OC)c1OC.Cl.Cl. The van der Waals surface area contributed by atoms with Crippen LogP contribution in [0.3, 0.4) is 0 Å². The number of hydrogen-bond donors (Lipinski definition) is 0. The number of pyridine rings is 1. The Bertz CT molecular complexity index is 775. The summed E-state index contributed by atoms with van der Waals surface area (Å²) in [5.41, 5.74) is 1.63. The maximum absolute atomic E-state index is 13.0. The van der Waals surface area contributed by atoms with Crippen molar-refractivity contribution in [2.24, 2.45) is 0 Å². The van der Waals surface area contributed by atoms with Crippen LogP contribution in [0.5, 0.6) is 17.2 Å². The van der Waals surface area contributed by atoms with Crippen LogP contribution in [0, 0.1) is 0 Å². The number of ether oxygens (including phenoxy) is 3. The van der Waals surface area contributed by atoms with E-state index >= 15 is 0 Å². The number of methoxy groups -OCH3 is 3. The molecule has 0 N–H and O–H groups in total. The van der Waals surface area contributed by atoms with Crippen molar-refractivity contribution in [3.05, 3.63) is 47.8 Å². The monoisotopic (exact) mass is 457 g/mol. The molecule has 1 saturated heterocycles. The van der Waals surface area contributed by atoms with Gasteiger partial charge in [-0.3, -0.25) is 14.7 Å². The van der Waals surface area contributed by atoms with Crippen LogP contribution in [0.25, 0.3) is 0 Å². The fourth-order valence-corrected chi connectivity index (χ4v) is 3.38. The summed E-state index contributed by atoms with van der Waals surface area (Å²) >= 11 is 0. The second-order valence-electron chi connectivity index (χ2n) is 6.62. The van der Waals surface area contributed by atoms with Gasteiger partial charge in [0, 0.05) is 56.6 Å². The molecule has 0 radical (unpaired) electrons. The predicted molar refractivity (Wildman–Crippen MR) is 121 cm³/mol. The summed E-state index contributed by atoms with van der Waals surface area (Å²) in [6.45, 7) is 4.03. The van der Waals surface area contributed by atoms with Crippen LogP contribution in [0.4, 0.5) is 0 Å². The van der Waals surface area contributed by atoms with E-state index in [1.807, 2.05) is 29.3 Å². The minimum atomic E-state index is -0.0244. The molecule has 0 spiro atoms. The first-order chi connectivity index (χ1) is 13.7. The number of benzene rings is 1. The highest BCUT2D eigenvalue weighted by molar-refractivity contribution is 5.95. The molecule has 0 aliphatic carbocycles. The molecule has 1 aliphatic heterocycles. The Kier molecular flexibility index (Phi) is 10.7. The molecule has 1 amide bonds. The summed E-state index contributed by atoms with van der Waals surface area (Å²) in [4.78, 5) is 21.6. The Morgan fingerprint density at radius 2 is 1.60 bits per heavy atom. The van der Waals surface area contributed by atoms with E-state index in [0.29, 0.717) is 35.9 Å². The summed E-state index contributed by atoms with van der Waals surface area (Å²) in [6, 6.07) is 9.39. The largest absolute Gasteiger partial charge is 0.493 e. The molecule has 0 unspecified atom stereocenters. The van der Waals surface area contributed by atoms with Crippen LogP contribution in [-0.4, -0.2) is 74.7 Å². The zero-order chi connectivity index (χ0) is 19.9. The van der Waals surface area contributed by atoms with Gasteiger partial charge in [-0.15, -0.1) is 24.8 Å². The van der Waals surface area contributed by atoms with Crippen molar-refractivity contribution in [1.82, 2.24) is 14.8 Å². The van der Waals surface area contributed by atoms with Crippen LogP contribution < -0.4 is 14.2 Å². The van der Waals surface area contributed by atoms with Crippen LogP contribution in [0.2, 0.25) is 0 Å². The van der Waals surface area contributed by atoms with Crippen LogP contribution in [0.15, 0.2) is 36.5 Å². The van der Waals surface area contributed by atoms with Gasteiger partial charge in [0.2, 0.25) is 5.75 Å². The molecule has 166 valence electrons. The standard InChI is InChI=1S/C21H27N3O4.2ClH/c1-26-18-14-16(15-19(27-2)20(18)28-3)21(25)24-12-10-23(11-13-24)9-7-17-6-4-5-8-22-17;;/h4-6,8,14-15H,7,9-13H2,1-3H3;2*1H. The number of aromatic nitrogens is 1. The van der Waals surface area contributed by atoms with Crippen LogP contribution in [-0.2, 0) is 6.42 Å². The zero-order valence-electron chi connectivity index (χ0n) is 17.5. The van der Waals surface area contributed by atoms with Gasteiger partial charge in [-0.25, -0.2) is 0 Å². The van der Waals surface area contributed by atoms with Gasteiger partial charge in [0.05, 0.1) is 21.3 Å². The zero-order valence-corrected chi connectivity index (χ0v) is 19.1. The summed E-state index contributed by atoms with van der Waals surface area (Å²) in [5.74, 6) is 1.43. The first-order valence-corrected chi connectivity index (χ1v) is 9.37. The minimum absolute atomic E-state index is 0. The first kappa shape index (κ1) is 25.8. The minimum Gasteiger partial charge on any atom is -0.493 e. The highest BCUT2D eigenvalue weighted by Crippen LogP contribution is 2.38. The van der Waals surface area contributed by atoms with Gasteiger partial charge in [0.15, 0.2) is 11.5 Å². The van der Waals surface area contributed by atoms with Gasteiger partial charge in [0.1, 0.15) is 0 Å². The van der Waals surface area contributed by atoms with Crippen LogP contribution in [0.1, 0.15) is 16.1 Å². The number of rotatable bonds is 7. The molecule has 30 heavy (non-hydrogen) atoms. The summed E-state index contributed by atoms with van der Waals surface area (Å²) in [6.07, 6.45) is 2.74. The number of amides is 1. The third-order valence-electron chi connectivity index (χ3n) is 4.98. The van der Waals surface area contributed by atoms with Crippen molar-refractivity contribution in [3.8, 4) is 17.2 Å². The third kappa shape index (κ3) is 6.14. The Balaban J connectivity index is 0.00000225. The summed E-state index contributed by atoms with van der Waals surface area (Å²) in [7, 11) is 4.64. The fourth-order valence-electron chi connectivity index (χ4n) is 3.38. The summed E-state index contributed by atoms with van der Waals surface area (Å²) in [5, 5.41) is 0. The molecular weight excluding hydrogens is 429 g/mol. The van der Waals surface area contributed by atoms with Gasteiger partial charge >= 0.3 is 0 Å². The van der Waals surface area contributed by atoms with Gasteiger partial charge in [0.25, 0.3) is 5.91 Å². The lowest BCUT2D eigenvalue weighted by Gasteiger charge is -2.34. The smallest absolute Gasteiger partial charge is 0.254 e. The number of halogens is 2. The molecule has 2 aromatic rings. The highest BCUT2D eigenvalue weighted by Gasteiger charge is 2.24. The average molecular weight is 458 g/mol. The lowest BCUT2D eigenvalue weighted by molar-refractivity contribution is 0.0637. The predicted octanol–water partition coefficient (Wildman–Crippen LogP) is 2.95. The lowest BCUT2D eigenvalue weighted by Crippen LogP contribution is -2.49. The van der Waals surface area contributed by atoms with Crippen molar-refractivity contribution in [3.63, 3.8) is 0 Å². The maximum atomic E-state index is 13.0. The molecule has 7 nitrogen and oxygen atoms in total. The van der Waals surface area contributed by atoms with E-state index in [-0.39, 0.29) is 30.7 Å².